The minimum atomic E-state index is -3.26. The van der Waals surface area contributed by atoms with Crippen molar-refractivity contribution in [1.29, 1.82) is 0 Å². The van der Waals surface area contributed by atoms with Crippen molar-refractivity contribution in [3.63, 3.8) is 0 Å². The molecule has 0 radical (unpaired) electrons. The number of benzene rings is 1. The van der Waals surface area contributed by atoms with Gasteiger partial charge in [0.25, 0.3) is 0 Å². The Labute approximate surface area is 139 Å². The molecule has 0 atom stereocenters. The fourth-order valence-corrected chi connectivity index (χ4v) is 15.3. The van der Waals surface area contributed by atoms with Gasteiger partial charge in [0, 0.05) is 0 Å². The average molecular weight is 405 g/mol. The average Bonchev–Trinajstić information content (AvgIpc) is 2.36. The molecule has 1 rings (SSSR count). The number of allylic oxidation sites excluding steroid dienone is 3. The van der Waals surface area contributed by atoms with E-state index in [4.69, 9.17) is 3.07 Å². The number of hydrogen-bond donors (Lipinski definition) is 0. The van der Waals surface area contributed by atoms with Gasteiger partial charge in [-0.3, -0.25) is 0 Å². The van der Waals surface area contributed by atoms with Crippen molar-refractivity contribution in [1.82, 2.24) is 0 Å². The van der Waals surface area contributed by atoms with E-state index in [1.54, 1.807) is 12.1 Å². The van der Waals surface area contributed by atoms with Crippen LogP contribution in [0.1, 0.15) is 31.1 Å². The van der Waals surface area contributed by atoms with Crippen molar-refractivity contribution >= 4 is 24.8 Å². The zero-order valence-corrected chi connectivity index (χ0v) is 16.8. The second kappa shape index (κ2) is 8.37. The van der Waals surface area contributed by atoms with Gasteiger partial charge in [-0.1, -0.05) is 0 Å². The monoisotopic (exact) mass is 406 g/mol. The van der Waals surface area contributed by atoms with Gasteiger partial charge in [0.2, 0.25) is 0 Å². The van der Waals surface area contributed by atoms with Crippen LogP contribution in [0.25, 0.3) is 0 Å². The molecule has 118 valence electrons. The predicted molar refractivity (Wildman–Crippen MR) is 96.5 cm³/mol. The van der Waals surface area contributed by atoms with Crippen LogP contribution in [-0.2, 0) is 3.07 Å². The van der Waals surface area contributed by atoms with Crippen molar-refractivity contribution in [2.75, 3.05) is 0 Å². The second-order valence-electron chi connectivity index (χ2n) is 6.34. The molecule has 0 bridgehead atoms. The van der Waals surface area contributed by atoms with Crippen LogP contribution in [0.15, 0.2) is 66.8 Å². The Bertz CT molecular complexity index is 532. The minimum absolute atomic E-state index is 0.222. The van der Waals surface area contributed by atoms with Crippen LogP contribution in [0.4, 0.5) is 0 Å². The molecule has 0 saturated heterocycles. The summed E-state index contributed by atoms with van der Waals surface area (Å²) in [5.74, 6) is -0.222. The molecule has 0 N–H and O–H groups in total. The first-order valence-corrected chi connectivity index (χ1v) is 14.7. The number of rotatable bonds is 8. The van der Waals surface area contributed by atoms with Crippen molar-refractivity contribution in [2.24, 2.45) is 0 Å². The summed E-state index contributed by atoms with van der Waals surface area (Å²) in [5, 5.41) is 0. The summed E-state index contributed by atoms with van der Waals surface area (Å²) in [6.45, 7) is 18.1. The standard InChI is InChI=1S/C7H6O2.3C4H7.Sn/c8-7(9)6-4-2-1-3-5-6;3*1-4(2)3;/h1-5H,(H,8,9);3*1-2H2,3H3;/q;;;;+1/p-1. The van der Waals surface area contributed by atoms with E-state index in [2.05, 4.69) is 19.7 Å². The topological polar surface area (TPSA) is 26.3 Å². The van der Waals surface area contributed by atoms with E-state index in [9.17, 15) is 4.79 Å². The molecule has 0 amide bonds. The Morgan fingerprint density at radius 3 is 1.68 bits per heavy atom. The third-order valence-corrected chi connectivity index (χ3v) is 15.6. The third kappa shape index (κ3) is 6.22. The molecule has 1 aromatic carbocycles. The van der Waals surface area contributed by atoms with Crippen LogP contribution in [0.2, 0.25) is 13.3 Å². The molecule has 0 unspecified atom stereocenters. The van der Waals surface area contributed by atoms with Gasteiger partial charge in [0.15, 0.2) is 0 Å². The first-order valence-electron chi connectivity index (χ1n) is 7.46. The summed E-state index contributed by atoms with van der Waals surface area (Å²) in [6, 6.07) is 9.18. The van der Waals surface area contributed by atoms with Crippen LogP contribution in [0.3, 0.4) is 0 Å². The zero-order valence-electron chi connectivity index (χ0n) is 13.9. The molecule has 0 fully saturated rings. The molecular weight excluding hydrogens is 379 g/mol. The van der Waals surface area contributed by atoms with Crippen molar-refractivity contribution in [2.45, 2.75) is 34.1 Å². The molecule has 2 nitrogen and oxygen atoms in total. The zero-order chi connectivity index (χ0) is 16.8. The van der Waals surface area contributed by atoms with E-state index in [1.165, 1.54) is 0 Å². The van der Waals surface area contributed by atoms with Gasteiger partial charge in [-0.25, -0.2) is 0 Å². The van der Waals surface area contributed by atoms with Gasteiger partial charge in [0.05, 0.1) is 0 Å². The second-order valence-corrected chi connectivity index (χ2v) is 16.7. The number of hydrogen-bond acceptors (Lipinski definition) is 2. The Morgan fingerprint density at radius 1 is 0.909 bits per heavy atom. The summed E-state index contributed by atoms with van der Waals surface area (Å²) in [5.41, 5.74) is 3.81. The van der Waals surface area contributed by atoms with E-state index in [1.807, 2.05) is 39.0 Å². The Hall–Kier alpha value is -1.29. The Morgan fingerprint density at radius 2 is 1.32 bits per heavy atom. The van der Waals surface area contributed by atoms with Crippen LogP contribution < -0.4 is 0 Å². The number of carbonyl (C=O) groups excluding carboxylic acids is 1. The fourth-order valence-electron chi connectivity index (χ4n) is 2.78. The van der Waals surface area contributed by atoms with Crippen LogP contribution in [0.5, 0.6) is 0 Å². The predicted octanol–water partition coefficient (Wildman–Crippen LogP) is 5.52. The van der Waals surface area contributed by atoms with Gasteiger partial charge in [-0.15, -0.1) is 0 Å². The maximum atomic E-state index is 12.5. The summed E-state index contributed by atoms with van der Waals surface area (Å²) in [7, 11) is 0. The van der Waals surface area contributed by atoms with Gasteiger partial charge >= 0.3 is 139 Å². The molecular formula is C19H26O2Sn. The molecule has 0 aliphatic heterocycles. The summed E-state index contributed by atoms with van der Waals surface area (Å²) in [6.07, 6.45) is 0. The molecule has 0 saturated carbocycles. The molecule has 3 heteroatoms. The quantitative estimate of drug-likeness (QED) is 0.421. The molecule has 22 heavy (non-hydrogen) atoms. The van der Waals surface area contributed by atoms with Gasteiger partial charge in [-0.2, -0.15) is 0 Å². The Balaban J connectivity index is 3.10. The molecule has 0 aromatic heterocycles. The van der Waals surface area contributed by atoms with E-state index in [0.717, 1.165) is 30.0 Å². The van der Waals surface area contributed by atoms with Crippen molar-refractivity contribution in [3.05, 3.63) is 72.4 Å². The fraction of sp³-hybridized carbons (Fsp3) is 0.316. The summed E-state index contributed by atoms with van der Waals surface area (Å²) in [4.78, 5) is 12.5. The third-order valence-electron chi connectivity index (χ3n) is 3.19. The Kier molecular flexibility index (Phi) is 7.14. The van der Waals surface area contributed by atoms with Crippen LogP contribution in [-0.4, -0.2) is 24.8 Å². The maximum absolute atomic E-state index is 12.5. The van der Waals surface area contributed by atoms with Crippen molar-refractivity contribution in [3.8, 4) is 0 Å². The first-order chi connectivity index (χ1) is 10.2. The first kappa shape index (κ1) is 18.8. The van der Waals surface area contributed by atoms with Gasteiger partial charge in [0.1, 0.15) is 0 Å². The molecule has 0 heterocycles. The number of carbonyl (C=O) groups is 1. The molecule has 0 aliphatic rings. The van der Waals surface area contributed by atoms with E-state index >= 15 is 0 Å². The normalized spacial score (nSPS) is 10.9. The van der Waals surface area contributed by atoms with E-state index in [-0.39, 0.29) is 5.97 Å². The SMILES string of the molecule is C=C(C)[CH2][Sn]([CH2]C(=C)C)([CH2]C(=C)C)[O]C(=O)c1ccccc1. The van der Waals surface area contributed by atoms with E-state index < -0.39 is 18.8 Å². The van der Waals surface area contributed by atoms with Crippen LogP contribution >= 0.6 is 0 Å². The summed E-state index contributed by atoms with van der Waals surface area (Å²) < 4.78 is 8.58. The van der Waals surface area contributed by atoms with Crippen LogP contribution in [0, 0.1) is 0 Å². The van der Waals surface area contributed by atoms with Gasteiger partial charge in [-0.05, 0) is 0 Å². The molecule has 0 spiro atoms. The molecule has 1 aromatic rings. The molecule has 0 aliphatic carbocycles. The van der Waals surface area contributed by atoms with Gasteiger partial charge < -0.3 is 0 Å². The van der Waals surface area contributed by atoms with E-state index in [0.29, 0.717) is 5.56 Å². The summed E-state index contributed by atoms with van der Waals surface area (Å²) >= 11 is -3.26. The van der Waals surface area contributed by atoms with Crippen molar-refractivity contribution < 1.29 is 7.87 Å².